The number of nitrogens with zero attached hydrogens (tertiary/aromatic N) is 3. The van der Waals surface area contributed by atoms with E-state index in [9.17, 15) is 14.4 Å². The standard InChI is InChI=1S/C22H30N6O4/c1-5-16-17(6-2)27-21(19(26-16)20(23)30)25-15-9-7-8-14(10-15)13(3)11-24-18(29)12-28(4)22(31)32/h7-10,13H,5-6,11-12H2,1-4H3,(H2,23,30)(H,24,29)(H,25,27)(H,31,32). The van der Waals surface area contributed by atoms with Gasteiger partial charge in [0.05, 0.1) is 11.4 Å². The molecule has 0 fully saturated rings. The van der Waals surface area contributed by atoms with Gasteiger partial charge in [-0.1, -0.05) is 32.9 Å². The Labute approximate surface area is 187 Å². The maximum Gasteiger partial charge on any atom is 0.407 e. The molecule has 5 N–H and O–H groups in total. The summed E-state index contributed by atoms with van der Waals surface area (Å²) in [6.45, 7) is 5.98. The molecule has 0 aliphatic rings. The van der Waals surface area contributed by atoms with Crippen molar-refractivity contribution < 1.29 is 19.5 Å². The second kappa shape index (κ2) is 11.1. The number of aromatic nitrogens is 2. The van der Waals surface area contributed by atoms with Crippen LogP contribution >= 0.6 is 0 Å². The Morgan fingerprint density at radius 2 is 1.81 bits per heavy atom. The molecule has 0 aliphatic heterocycles. The summed E-state index contributed by atoms with van der Waals surface area (Å²) in [6, 6.07) is 7.50. The van der Waals surface area contributed by atoms with E-state index in [-0.39, 0.29) is 24.1 Å². The van der Waals surface area contributed by atoms with Gasteiger partial charge in [-0.25, -0.2) is 14.8 Å². The van der Waals surface area contributed by atoms with E-state index in [4.69, 9.17) is 10.8 Å². The predicted molar refractivity (Wildman–Crippen MR) is 121 cm³/mol. The molecule has 32 heavy (non-hydrogen) atoms. The van der Waals surface area contributed by atoms with Gasteiger partial charge >= 0.3 is 6.09 Å². The Morgan fingerprint density at radius 3 is 2.41 bits per heavy atom. The monoisotopic (exact) mass is 442 g/mol. The van der Waals surface area contributed by atoms with Crippen molar-refractivity contribution >= 4 is 29.4 Å². The molecule has 3 amide bonds. The number of hydrogen-bond acceptors (Lipinski definition) is 6. The van der Waals surface area contributed by atoms with E-state index >= 15 is 0 Å². The highest BCUT2D eigenvalue weighted by atomic mass is 16.4. The predicted octanol–water partition coefficient (Wildman–Crippen LogP) is 2.27. The highest BCUT2D eigenvalue weighted by Crippen LogP contribution is 2.24. The summed E-state index contributed by atoms with van der Waals surface area (Å²) < 4.78 is 0. The smallest absolute Gasteiger partial charge is 0.407 e. The number of anilines is 2. The van der Waals surface area contributed by atoms with E-state index in [1.807, 2.05) is 45.0 Å². The van der Waals surface area contributed by atoms with E-state index in [0.717, 1.165) is 21.9 Å². The van der Waals surface area contributed by atoms with Crippen LogP contribution in [0.4, 0.5) is 16.3 Å². The molecule has 0 bridgehead atoms. The molecule has 1 aromatic heterocycles. The van der Waals surface area contributed by atoms with E-state index in [2.05, 4.69) is 20.6 Å². The van der Waals surface area contributed by atoms with Gasteiger partial charge < -0.3 is 26.4 Å². The van der Waals surface area contributed by atoms with Crippen LogP contribution in [0, 0.1) is 0 Å². The van der Waals surface area contributed by atoms with Crippen LogP contribution in [0.3, 0.4) is 0 Å². The van der Waals surface area contributed by atoms with E-state index in [1.54, 1.807) is 0 Å². The quantitative estimate of drug-likeness (QED) is 0.441. The molecular weight excluding hydrogens is 412 g/mol. The number of amides is 3. The van der Waals surface area contributed by atoms with Crippen LogP contribution in [0.25, 0.3) is 0 Å². The van der Waals surface area contributed by atoms with Crippen molar-refractivity contribution in [1.29, 1.82) is 0 Å². The minimum absolute atomic E-state index is 0.0359. The minimum atomic E-state index is -1.16. The molecule has 1 atom stereocenters. The molecule has 172 valence electrons. The first kappa shape index (κ1) is 24.6. The minimum Gasteiger partial charge on any atom is -0.465 e. The molecule has 1 unspecified atom stereocenters. The number of primary amides is 1. The van der Waals surface area contributed by atoms with Crippen LogP contribution < -0.4 is 16.4 Å². The first-order chi connectivity index (χ1) is 15.2. The highest BCUT2D eigenvalue weighted by Gasteiger charge is 2.17. The second-order valence-corrected chi connectivity index (χ2v) is 7.48. The molecule has 2 rings (SSSR count). The largest absolute Gasteiger partial charge is 0.465 e. The van der Waals surface area contributed by atoms with Gasteiger partial charge in [0.2, 0.25) is 5.91 Å². The number of benzene rings is 1. The van der Waals surface area contributed by atoms with E-state index < -0.39 is 12.0 Å². The first-order valence-corrected chi connectivity index (χ1v) is 10.4. The summed E-state index contributed by atoms with van der Waals surface area (Å²) in [6.07, 6.45) is 0.165. The summed E-state index contributed by atoms with van der Waals surface area (Å²) in [4.78, 5) is 44.6. The SMILES string of the molecule is CCc1nc(Nc2cccc(C(C)CNC(=O)CN(C)C(=O)O)c2)c(C(N)=O)nc1CC. The van der Waals surface area contributed by atoms with E-state index in [1.165, 1.54) is 7.05 Å². The molecule has 1 heterocycles. The summed E-state index contributed by atoms with van der Waals surface area (Å²) >= 11 is 0. The van der Waals surface area contributed by atoms with Crippen LogP contribution in [-0.2, 0) is 17.6 Å². The van der Waals surface area contributed by atoms with Crippen molar-refractivity contribution in [2.75, 3.05) is 25.5 Å². The Hall–Kier alpha value is -3.69. The lowest BCUT2D eigenvalue weighted by Crippen LogP contribution is -2.38. The van der Waals surface area contributed by atoms with Gasteiger partial charge in [-0.15, -0.1) is 0 Å². The number of carbonyl (C=O) groups excluding carboxylic acids is 2. The molecule has 0 saturated heterocycles. The molecule has 0 aliphatic carbocycles. The molecule has 0 spiro atoms. The van der Waals surface area contributed by atoms with Gasteiger partial charge in [-0.3, -0.25) is 9.59 Å². The lowest BCUT2D eigenvalue weighted by molar-refractivity contribution is -0.121. The van der Waals surface area contributed by atoms with Crippen molar-refractivity contribution in [3.63, 3.8) is 0 Å². The zero-order valence-electron chi connectivity index (χ0n) is 18.8. The number of nitrogens with two attached hydrogens (primary N) is 1. The number of likely N-dealkylation sites (N-methyl/N-ethyl adjacent to an activating group) is 1. The summed E-state index contributed by atoms with van der Waals surface area (Å²) in [5.74, 6) is -0.760. The number of aryl methyl sites for hydroxylation is 2. The Bertz CT molecular complexity index is 994. The number of carboxylic acid groups (broad SMARTS) is 1. The maximum absolute atomic E-state index is 11.9. The van der Waals surface area contributed by atoms with Crippen molar-refractivity contribution in [3.05, 3.63) is 46.9 Å². The summed E-state index contributed by atoms with van der Waals surface area (Å²) in [5, 5.41) is 14.7. The van der Waals surface area contributed by atoms with Crippen molar-refractivity contribution in [1.82, 2.24) is 20.2 Å². The third kappa shape index (κ3) is 6.40. The molecule has 10 heteroatoms. The number of rotatable bonds is 10. The average Bonchev–Trinajstić information content (AvgIpc) is 2.76. The zero-order valence-corrected chi connectivity index (χ0v) is 18.8. The Morgan fingerprint density at radius 1 is 1.16 bits per heavy atom. The van der Waals surface area contributed by atoms with Gasteiger partial charge in [0.25, 0.3) is 5.91 Å². The fraction of sp³-hybridized carbons (Fsp3) is 0.409. The zero-order chi connectivity index (χ0) is 23.8. The first-order valence-electron chi connectivity index (χ1n) is 10.4. The Kier molecular flexibility index (Phi) is 8.51. The third-order valence-electron chi connectivity index (χ3n) is 4.99. The number of nitrogens with one attached hydrogen (secondary N) is 2. The van der Waals surface area contributed by atoms with Crippen molar-refractivity contribution in [2.45, 2.75) is 39.5 Å². The second-order valence-electron chi connectivity index (χ2n) is 7.48. The fourth-order valence-corrected chi connectivity index (χ4v) is 3.11. The van der Waals surface area contributed by atoms with Gasteiger partial charge in [0.15, 0.2) is 11.5 Å². The van der Waals surface area contributed by atoms with Crippen molar-refractivity contribution in [3.8, 4) is 0 Å². The maximum atomic E-state index is 11.9. The van der Waals surface area contributed by atoms with Gasteiger partial charge in [0.1, 0.15) is 6.54 Å². The lowest BCUT2D eigenvalue weighted by atomic mass is 10.0. The van der Waals surface area contributed by atoms with Crippen LogP contribution in [0.1, 0.15) is 54.1 Å². The average molecular weight is 443 g/mol. The number of hydrogen-bond donors (Lipinski definition) is 4. The normalized spacial score (nSPS) is 11.5. The van der Waals surface area contributed by atoms with Crippen LogP contribution in [-0.4, -0.2) is 58.0 Å². The topological polar surface area (TPSA) is 151 Å². The highest BCUT2D eigenvalue weighted by molar-refractivity contribution is 5.96. The molecule has 1 aromatic carbocycles. The van der Waals surface area contributed by atoms with Gasteiger partial charge in [-0.2, -0.15) is 0 Å². The molecule has 10 nitrogen and oxygen atoms in total. The summed E-state index contributed by atoms with van der Waals surface area (Å²) in [7, 11) is 1.33. The lowest BCUT2D eigenvalue weighted by Gasteiger charge is -2.17. The van der Waals surface area contributed by atoms with Gasteiger partial charge in [-0.05, 0) is 36.5 Å². The molecule has 2 aromatic rings. The van der Waals surface area contributed by atoms with Crippen LogP contribution in [0.15, 0.2) is 24.3 Å². The van der Waals surface area contributed by atoms with Gasteiger partial charge in [0, 0.05) is 19.3 Å². The molecule has 0 saturated carbocycles. The van der Waals surface area contributed by atoms with Crippen LogP contribution in [0.2, 0.25) is 0 Å². The number of carbonyl (C=O) groups is 3. The van der Waals surface area contributed by atoms with E-state index in [0.29, 0.717) is 30.9 Å². The summed E-state index contributed by atoms with van der Waals surface area (Å²) in [5.41, 5.74) is 8.81. The third-order valence-corrected chi connectivity index (χ3v) is 4.99. The molecule has 0 radical (unpaired) electrons. The Balaban J connectivity index is 2.15. The van der Waals surface area contributed by atoms with Crippen LogP contribution in [0.5, 0.6) is 0 Å². The van der Waals surface area contributed by atoms with Crippen molar-refractivity contribution in [2.24, 2.45) is 5.73 Å². The molecular formula is C22H30N6O4. The fourth-order valence-electron chi connectivity index (χ4n) is 3.11.